The summed E-state index contributed by atoms with van der Waals surface area (Å²) in [5.74, 6) is 0.796. The molecule has 1 fully saturated rings. The predicted molar refractivity (Wildman–Crippen MR) is 66.5 cm³/mol. The van der Waals surface area contributed by atoms with Gasteiger partial charge in [0.1, 0.15) is 17.4 Å². The van der Waals surface area contributed by atoms with Crippen molar-refractivity contribution < 1.29 is 8.42 Å². The molecule has 6 nitrogen and oxygen atoms in total. The number of hydrogen-bond acceptors (Lipinski definition) is 6. The molecule has 17 heavy (non-hydrogen) atoms. The van der Waals surface area contributed by atoms with Crippen LogP contribution < -0.4 is 10.0 Å². The zero-order chi connectivity index (χ0) is 12.0. The minimum Gasteiger partial charge on any atom is -0.352 e. The van der Waals surface area contributed by atoms with E-state index >= 15 is 0 Å². The fourth-order valence-corrected chi connectivity index (χ4v) is 3.46. The smallest absolute Gasteiger partial charge is 0.215 e. The van der Waals surface area contributed by atoms with Crippen LogP contribution in [0.4, 0.5) is 5.82 Å². The summed E-state index contributed by atoms with van der Waals surface area (Å²) in [7, 11) is -3.43. The number of hydrogen-bond donors (Lipinski definition) is 1. The van der Waals surface area contributed by atoms with Gasteiger partial charge < -0.3 is 4.90 Å². The van der Waals surface area contributed by atoms with Crippen molar-refractivity contribution in [1.29, 1.82) is 0 Å². The number of nitrogens with zero attached hydrogens (tertiary/aromatic N) is 3. The minimum atomic E-state index is -3.43. The Morgan fingerprint density at radius 1 is 1.41 bits per heavy atom. The zero-order valence-corrected chi connectivity index (χ0v) is 10.4. The number of fused-ring (bicyclic) bond motifs is 1. The Bertz CT molecular complexity index is 660. The van der Waals surface area contributed by atoms with E-state index in [0.717, 1.165) is 16.0 Å². The second-order valence-electron chi connectivity index (χ2n) is 3.95. The van der Waals surface area contributed by atoms with E-state index in [2.05, 4.69) is 9.97 Å². The van der Waals surface area contributed by atoms with Crippen molar-refractivity contribution in [2.24, 2.45) is 5.14 Å². The first-order valence-corrected chi connectivity index (χ1v) is 7.49. The van der Waals surface area contributed by atoms with Crippen molar-refractivity contribution in [3.8, 4) is 0 Å². The van der Waals surface area contributed by atoms with Gasteiger partial charge in [0.2, 0.25) is 10.0 Å². The lowest BCUT2D eigenvalue weighted by atomic mass is 10.2. The third-order valence-electron chi connectivity index (χ3n) is 2.84. The van der Waals surface area contributed by atoms with Crippen LogP contribution in [0.1, 0.15) is 0 Å². The van der Waals surface area contributed by atoms with Crippen LogP contribution in [0.2, 0.25) is 0 Å². The summed E-state index contributed by atoms with van der Waals surface area (Å²) in [5.41, 5.74) is 0.888. The molecule has 0 aromatic carbocycles. The van der Waals surface area contributed by atoms with E-state index in [1.165, 1.54) is 6.33 Å². The maximum atomic E-state index is 11.1. The van der Waals surface area contributed by atoms with Crippen LogP contribution >= 0.6 is 11.3 Å². The molecule has 1 aliphatic rings. The molecule has 90 valence electrons. The third-order valence-corrected chi connectivity index (χ3v) is 4.96. The molecule has 0 radical (unpaired) electrons. The summed E-state index contributed by atoms with van der Waals surface area (Å²) in [6, 6.07) is 1.92. The number of primary sulfonamides is 1. The largest absolute Gasteiger partial charge is 0.352 e. The van der Waals surface area contributed by atoms with Gasteiger partial charge in [-0.05, 0) is 11.4 Å². The average Bonchev–Trinajstić information content (AvgIpc) is 2.61. The Labute approximate surface area is 102 Å². The van der Waals surface area contributed by atoms with Crippen LogP contribution in [0, 0.1) is 0 Å². The molecule has 0 spiro atoms. The lowest BCUT2D eigenvalue weighted by molar-refractivity contribution is 0.541. The van der Waals surface area contributed by atoms with Crippen LogP contribution in [-0.4, -0.2) is 36.7 Å². The van der Waals surface area contributed by atoms with Crippen molar-refractivity contribution in [2.45, 2.75) is 5.25 Å². The summed E-state index contributed by atoms with van der Waals surface area (Å²) >= 11 is 1.55. The molecule has 3 heterocycles. The molecule has 0 aliphatic carbocycles. The van der Waals surface area contributed by atoms with Crippen LogP contribution in [0.15, 0.2) is 17.8 Å². The van der Waals surface area contributed by atoms with E-state index in [4.69, 9.17) is 5.14 Å². The van der Waals surface area contributed by atoms with Gasteiger partial charge in [-0.25, -0.2) is 23.5 Å². The van der Waals surface area contributed by atoms with Crippen LogP contribution in [0.3, 0.4) is 0 Å². The first kappa shape index (κ1) is 10.9. The number of rotatable bonds is 2. The second-order valence-corrected chi connectivity index (χ2v) is 6.71. The number of aromatic nitrogens is 2. The average molecular weight is 270 g/mol. The molecule has 3 rings (SSSR count). The van der Waals surface area contributed by atoms with E-state index in [9.17, 15) is 8.42 Å². The van der Waals surface area contributed by atoms with Gasteiger partial charge in [0.25, 0.3) is 0 Å². The highest BCUT2D eigenvalue weighted by molar-refractivity contribution is 7.89. The first-order chi connectivity index (χ1) is 8.05. The molecular weight excluding hydrogens is 260 g/mol. The summed E-state index contributed by atoms with van der Waals surface area (Å²) < 4.78 is 23.2. The van der Waals surface area contributed by atoms with E-state index in [1.54, 1.807) is 11.3 Å². The fourth-order valence-electron chi connectivity index (χ4n) is 1.82. The highest BCUT2D eigenvalue weighted by Crippen LogP contribution is 2.31. The molecule has 2 aromatic heterocycles. The SMILES string of the molecule is NS(=O)(=O)C1CN(c2ncnc3ccsc23)C1. The van der Waals surface area contributed by atoms with Crippen LogP contribution in [0.5, 0.6) is 0 Å². The van der Waals surface area contributed by atoms with Crippen molar-refractivity contribution >= 4 is 37.4 Å². The van der Waals surface area contributed by atoms with E-state index in [0.29, 0.717) is 13.1 Å². The highest BCUT2D eigenvalue weighted by Gasteiger charge is 2.36. The Balaban J connectivity index is 1.90. The van der Waals surface area contributed by atoms with Crippen LogP contribution in [-0.2, 0) is 10.0 Å². The molecule has 0 atom stereocenters. The number of thiophene rings is 1. The first-order valence-electron chi connectivity index (χ1n) is 5.00. The minimum absolute atomic E-state index is 0.406. The second kappa shape index (κ2) is 3.62. The Morgan fingerprint density at radius 2 is 2.18 bits per heavy atom. The topological polar surface area (TPSA) is 89.2 Å². The molecule has 0 amide bonds. The van der Waals surface area contributed by atoms with Crippen molar-refractivity contribution in [1.82, 2.24) is 9.97 Å². The summed E-state index contributed by atoms with van der Waals surface area (Å²) in [4.78, 5) is 10.3. The van der Waals surface area contributed by atoms with E-state index < -0.39 is 15.3 Å². The standard InChI is InChI=1S/C9H10N4O2S2/c10-17(14,15)6-3-13(4-6)9-8-7(1-2-16-8)11-5-12-9/h1-2,5-6H,3-4H2,(H2,10,14,15). The monoisotopic (exact) mass is 270 g/mol. The summed E-state index contributed by atoms with van der Waals surface area (Å²) in [6.07, 6.45) is 1.49. The summed E-state index contributed by atoms with van der Waals surface area (Å²) in [5, 5.41) is 6.55. The van der Waals surface area contributed by atoms with Gasteiger partial charge in [-0.1, -0.05) is 0 Å². The Morgan fingerprint density at radius 3 is 2.88 bits per heavy atom. The maximum absolute atomic E-state index is 11.1. The van der Waals surface area contributed by atoms with Crippen molar-refractivity contribution in [3.05, 3.63) is 17.8 Å². The Hall–Kier alpha value is -1.25. The maximum Gasteiger partial charge on any atom is 0.215 e. The Kier molecular flexibility index (Phi) is 2.32. The van der Waals surface area contributed by atoms with Gasteiger partial charge >= 0.3 is 0 Å². The van der Waals surface area contributed by atoms with Crippen molar-refractivity contribution in [2.75, 3.05) is 18.0 Å². The fraction of sp³-hybridized carbons (Fsp3) is 0.333. The van der Waals surface area contributed by atoms with Crippen LogP contribution in [0.25, 0.3) is 10.2 Å². The predicted octanol–water partition coefficient (Wildman–Crippen LogP) is 0.168. The quantitative estimate of drug-likeness (QED) is 0.840. The van der Waals surface area contributed by atoms with E-state index in [1.807, 2.05) is 16.3 Å². The lowest BCUT2D eigenvalue weighted by Gasteiger charge is -2.38. The summed E-state index contributed by atoms with van der Waals surface area (Å²) in [6.45, 7) is 0.811. The molecule has 2 N–H and O–H groups in total. The molecule has 0 saturated carbocycles. The number of sulfonamides is 1. The molecule has 2 aromatic rings. The number of anilines is 1. The molecule has 0 unspecified atom stereocenters. The highest BCUT2D eigenvalue weighted by atomic mass is 32.2. The lowest BCUT2D eigenvalue weighted by Crippen LogP contribution is -2.57. The van der Waals surface area contributed by atoms with Gasteiger partial charge in [-0.3, -0.25) is 0 Å². The molecular formula is C9H10N4O2S2. The van der Waals surface area contributed by atoms with Gasteiger partial charge in [0, 0.05) is 13.1 Å². The third kappa shape index (κ3) is 1.78. The zero-order valence-electron chi connectivity index (χ0n) is 8.78. The van der Waals surface area contributed by atoms with Gasteiger partial charge in [0.15, 0.2) is 0 Å². The molecule has 8 heteroatoms. The molecule has 0 bridgehead atoms. The molecule has 1 aliphatic heterocycles. The van der Waals surface area contributed by atoms with E-state index in [-0.39, 0.29) is 0 Å². The number of nitrogens with two attached hydrogens (primary N) is 1. The van der Waals surface area contributed by atoms with Gasteiger partial charge in [-0.2, -0.15) is 0 Å². The normalized spacial score (nSPS) is 17.4. The molecule has 1 saturated heterocycles. The van der Waals surface area contributed by atoms with Crippen molar-refractivity contribution in [3.63, 3.8) is 0 Å². The van der Waals surface area contributed by atoms with Gasteiger partial charge in [-0.15, -0.1) is 11.3 Å². The van der Waals surface area contributed by atoms with Gasteiger partial charge in [0.05, 0.1) is 10.2 Å².